The molecule has 1 aromatic carbocycles. The summed E-state index contributed by atoms with van der Waals surface area (Å²) in [7, 11) is 0.995. The van der Waals surface area contributed by atoms with Crippen molar-refractivity contribution in [1.82, 2.24) is 5.32 Å². The van der Waals surface area contributed by atoms with E-state index in [1.807, 2.05) is 26.1 Å². The molecule has 0 fully saturated rings. The van der Waals surface area contributed by atoms with Crippen LogP contribution in [-0.4, -0.2) is 23.1 Å². The monoisotopic (exact) mass is 239 g/mol. The molecular formula is C13H21NOS. The Morgan fingerprint density at radius 3 is 2.19 bits per heavy atom. The second-order valence-corrected chi connectivity index (χ2v) is 5.92. The van der Waals surface area contributed by atoms with E-state index >= 15 is 0 Å². The van der Waals surface area contributed by atoms with Gasteiger partial charge in [-0.3, -0.25) is 4.21 Å². The van der Waals surface area contributed by atoms with Gasteiger partial charge in [0.2, 0.25) is 0 Å². The maximum atomic E-state index is 12.0. The zero-order valence-corrected chi connectivity index (χ0v) is 11.3. The third kappa shape index (κ3) is 3.72. The van der Waals surface area contributed by atoms with Crippen molar-refractivity contribution in [1.29, 1.82) is 0 Å². The van der Waals surface area contributed by atoms with Crippen LogP contribution in [0, 0.1) is 0 Å². The van der Waals surface area contributed by atoms with Crippen LogP contribution in [0.3, 0.4) is 0 Å². The topological polar surface area (TPSA) is 29.1 Å². The lowest BCUT2D eigenvalue weighted by Gasteiger charge is -2.10. The van der Waals surface area contributed by atoms with Crippen LogP contribution < -0.4 is 5.32 Å². The molecule has 0 aliphatic carbocycles. The maximum Gasteiger partial charge on any atom is 0.0545 e. The van der Waals surface area contributed by atoms with Crippen molar-refractivity contribution in [3.05, 3.63) is 29.8 Å². The van der Waals surface area contributed by atoms with Crippen LogP contribution in [0.15, 0.2) is 29.2 Å². The summed E-state index contributed by atoms with van der Waals surface area (Å²) in [6, 6.07) is 8.39. The zero-order chi connectivity index (χ0) is 12.1. The molecule has 2 unspecified atom stereocenters. The van der Waals surface area contributed by atoms with E-state index in [0.717, 1.165) is 4.90 Å². The molecule has 0 radical (unpaired) electrons. The lowest BCUT2D eigenvalue weighted by molar-refractivity contribution is 0.646. The first kappa shape index (κ1) is 13.4. The second-order valence-electron chi connectivity index (χ2n) is 4.43. The minimum atomic E-state index is -0.897. The van der Waals surface area contributed by atoms with E-state index in [0.29, 0.717) is 11.7 Å². The van der Waals surface area contributed by atoms with Gasteiger partial charge in [0.25, 0.3) is 0 Å². The van der Waals surface area contributed by atoms with Crippen molar-refractivity contribution in [3.8, 4) is 0 Å². The van der Waals surface area contributed by atoms with Crippen molar-refractivity contribution in [2.75, 3.05) is 12.8 Å². The average Bonchev–Trinajstić information content (AvgIpc) is 2.28. The van der Waals surface area contributed by atoms with Gasteiger partial charge in [-0.1, -0.05) is 26.0 Å². The van der Waals surface area contributed by atoms with Crippen molar-refractivity contribution < 1.29 is 4.21 Å². The van der Waals surface area contributed by atoms with E-state index in [-0.39, 0.29) is 6.04 Å². The minimum Gasteiger partial charge on any atom is -0.316 e. The van der Waals surface area contributed by atoms with Gasteiger partial charge >= 0.3 is 0 Å². The van der Waals surface area contributed by atoms with Crippen LogP contribution in [0.1, 0.15) is 32.3 Å². The summed E-state index contributed by atoms with van der Waals surface area (Å²) in [6.45, 7) is 6.37. The predicted molar refractivity (Wildman–Crippen MR) is 70.3 cm³/mol. The van der Waals surface area contributed by atoms with Gasteiger partial charge < -0.3 is 5.32 Å². The molecule has 90 valence electrons. The zero-order valence-electron chi connectivity index (χ0n) is 10.5. The molecule has 0 aromatic heterocycles. The summed E-state index contributed by atoms with van der Waals surface area (Å²) in [6.07, 6.45) is 0. The molecule has 2 atom stereocenters. The number of hydrogen-bond acceptors (Lipinski definition) is 2. The van der Waals surface area contributed by atoms with Crippen LogP contribution in [-0.2, 0) is 10.8 Å². The highest BCUT2D eigenvalue weighted by atomic mass is 32.2. The fourth-order valence-electron chi connectivity index (χ4n) is 1.41. The standard InChI is InChI=1S/C13H21NOS/c1-10(2)12-5-7-13(8-6-12)16(15)9-11(3)14-4/h5-8,10-11,14H,9H2,1-4H3. The lowest BCUT2D eigenvalue weighted by Crippen LogP contribution is -2.27. The average molecular weight is 239 g/mol. The van der Waals surface area contributed by atoms with Crippen LogP contribution in [0.5, 0.6) is 0 Å². The van der Waals surface area contributed by atoms with Crippen LogP contribution in [0.25, 0.3) is 0 Å². The number of nitrogens with one attached hydrogen (secondary N) is 1. The van der Waals surface area contributed by atoms with Crippen molar-refractivity contribution in [2.24, 2.45) is 0 Å². The Bertz CT molecular complexity index is 345. The molecule has 0 amide bonds. The molecule has 2 nitrogen and oxygen atoms in total. The Hall–Kier alpha value is -0.670. The number of hydrogen-bond donors (Lipinski definition) is 1. The molecule has 1 rings (SSSR count). The quantitative estimate of drug-likeness (QED) is 0.855. The Morgan fingerprint density at radius 1 is 1.19 bits per heavy atom. The summed E-state index contributed by atoms with van der Waals surface area (Å²) < 4.78 is 12.0. The second kappa shape index (κ2) is 6.16. The molecule has 0 spiro atoms. The largest absolute Gasteiger partial charge is 0.316 e. The first-order valence-corrected chi connectivity index (χ1v) is 7.02. The Balaban J connectivity index is 2.70. The summed E-state index contributed by atoms with van der Waals surface area (Å²) in [5.74, 6) is 1.19. The van der Waals surface area contributed by atoms with Crippen molar-refractivity contribution >= 4 is 10.8 Å². The Morgan fingerprint density at radius 2 is 1.75 bits per heavy atom. The van der Waals surface area contributed by atoms with Gasteiger partial charge in [0.05, 0.1) is 10.8 Å². The summed E-state index contributed by atoms with van der Waals surface area (Å²) >= 11 is 0. The minimum absolute atomic E-state index is 0.283. The molecule has 0 aliphatic heterocycles. The van der Waals surface area contributed by atoms with Crippen LogP contribution in [0.2, 0.25) is 0 Å². The fourth-order valence-corrected chi connectivity index (χ4v) is 2.66. The van der Waals surface area contributed by atoms with Crippen molar-refractivity contribution in [3.63, 3.8) is 0 Å². The van der Waals surface area contributed by atoms with Gasteiger partial charge in [-0.25, -0.2) is 0 Å². The summed E-state index contributed by atoms with van der Waals surface area (Å²) in [5, 5.41) is 3.10. The number of benzene rings is 1. The molecular weight excluding hydrogens is 218 g/mol. The first-order valence-electron chi connectivity index (χ1n) is 5.70. The van der Waals surface area contributed by atoms with Gasteiger partial charge in [-0.2, -0.15) is 0 Å². The highest BCUT2D eigenvalue weighted by Gasteiger charge is 2.08. The highest BCUT2D eigenvalue weighted by molar-refractivity contribution is 7.85. The Labute approximate surface area is 101 Å². The molecule has 0 saturated carbocycles. The molecule has 1 aromatic rings. The van der Waals surface area contributed by atoms with E-state index in [2.05, 4.69) is 31.3 Å². The molecule has 0 bridgehead atoms. The molecule has 16 heavy (non-hydrogen) atoms. The molecule has 0 saturated heterocycles. The van der Waals surface area contributed by atoms with Gasteiger partial charge in [-0.15, -0.1) is 0 Å². The van der Waals surface area contributed by atoms with Gasteiger partial charge in [0.15, 0.2) is 0 Å². The van der Waals surface area contributed by atoms with Crippen molar-refractivity contribution in [2.45, 2.75) is 37.6 Å². The molecule has 0 aliphatic rings. The van der Waals surface area contributed by atoms with Gasteiger partial charge in [0, 0.05) is 16.7 Å². The van der Waals surface area contributed by atoms with Gasteiger partial charge in [-0.05, 0) is 37.6 Å². The van der Waals surface area contributed by atoms with Gasteiger partial charge in [0.1, 0.15) is 0 Å². The number of rotatable bonds is 5. The van der Waals surface area contributed by atoms with E-state index in [9.17, 15) is 4.21 Å². The third-order valence-electron chi connectivity index (χ3n) is 2.70. The maximum absolute atomic E-state index is 12.0. The smallest absolute Gasteiger partial charge is 0.0545 e. The highest BCUT2D eigenvalue weighted by Crippen LogP contribution is 2.16. The molecule has 3 heteroatoms. The lowest BCUT2D eigenvalue weighted by atomic mass is 10.0. The fraction of sp³-hybridized carbons (Fsp3) is 0.538. The van der Waals surface area contributed by atoms with Crippen LogP contribution in [0.4, 0.5) is 0 Å². The van der Waals surface area contributed by atoms with Crippen LogP contribution >= 0.6 is 0 Å². The molecule has 1 N–H and O–H groups in total. The molecule has 0 heterocycles. The summed E-state index contributed by atoms with van der Waals surface area (Å²) in [4.78, 5) is 0.923. The third-order valence-corrected chi connectivity index (χ3v) is 4.30. The SMILES string of the molecule is CNC(C)CS(=O)c1ccc(C(C)C)cc1. The predicted octanol–water partition coefficient (Wildman–Crippen LogP) is 2.53. The Kier molecular flexibility index (Phi) is 5.16. The summed E-state index contributed by atoms with van der Waals surface area (Å²) in [5.41, 5.74) is 1.29. The van der Waals surface area contributed by atoms with E-state index in [4.69, 9.17) is 0 Å². The van der Waals surface area contributed by atoms with E-state index in [1.54, 1.807) is 0 Å². The normalized spacial score (nSPS) is 15.1. The van der Waals surface area contributed by atoms with E-state index < -0.39 is 10.8 Å². The van der Waals surface area contributed by atoms with E-state index in [1.165, 1.54) is 5.56 Å². The first-order chi connectivity index (χ1) is 7.54.